The summed E-state index contributed by atoms with van der Waals surface area (Å²) in [7, 11) is 0. The van der Waals surface area contributed by atoms with Gasteiger partial charge in [-0.15, -0.1) is 11.6 Å². The fourth-order valence-electron chi connectivity index (χ4n) is 2.55. The molecule has 1 aromatic carbocycles. The van der Waals surface area contributed by atoms with Crippen LogP contribution in [-0.4, -0.2) is 11.4 Å². The predicted molar refractivity (Wildman–Crippen MR) is 69.7 cm³/mol. The summed E-state index contributed by atoms with van der Waals surface area (Å²) in [5, 5.41) is 3.33. The van der Waals surface area contributed by atoms with E-state index in [9.17, 15) is 8.78 Å². The van der Waals surface area contributed by atoms with Crippen molar-refractivity contribution in [3.05, 3.63) is 35.4 Å². The molecule has 1 aliphatic rings. The van der Waals surface area contributed by atoms with Crippen molar-refractivity contribution >= 4 is 11.6 Å². The molecule has 100 valence electrons. The van der Waals surface area contributed by atoms with Crippen molar-refractivity contribution in [2.24, 2.45) is 0 Å². The molecule has 0 unspecified atom stereocenters. The van der Waals surface area contributed by atoms with E-state index in [1.165, 1.54) is 12.5 Å². The highest BCUT2D eigenvalue weighted by atomic mass is 35.5. The average Bonchev–Trinajstić information content (AvgIpc) is 2.41. The summed E-state index contributed by atoms with van der Waals surface area (Å²) in [6.07, 6.45) is 5.53. The van der Waals surface area contributed by atoms with E-state index < -0.39 is 11.6 Å². The van der Waals surface area contributed by atoms with E-state index in [1.807, 2.05) is 0 Å². The highest BCUT2D eigenvalue weighted by Gasteiger charge is 2.30. The van der Waals surface area contributed by atoms with Gasteiger partial charge in [-0.2, -0.15) is 0 Å². The zero-order valence-electron chi connectivity index (χ0n) is 10.3. The third-order valence-electron chi connectivity index (χ3n) is 3.75. The number of alkyl halides is 1. The summed E-state index contributed by atoms with van der Waals surface area (Å²) in [6.45, 7) is 0.330. The summed E-state index contributed by atoms with van der Waals surface area (Å²) in [5.74, 6) is -1.03. The first-order valence-corrected chi connectivity index (χ1v) is 6.94. The highest BCUT2D eigenvalue weighted by molar-refractivity contribution is 6.18. The maximum atomic E-state index is 13.5. The summed E-state index contributed by atoms with van der Waals surface area (Å²) >= 11 is 6.04. The Morgan fingerprint density at radius 1 is 1.17 bits per heavy atom. The molecule has 0 aromatic heterocycles. The maximum absolute atomic E-state index is 13.5. The lowest BCUT2D eigenvalue weighted by Crippen LogP contribution is -2.48. The molecule has 2 rings (SSSR count). The number of halogens is 3. The van der Waals surface area contributed by atoms with Gasteiger partial charge in [0.2, 0.25) is 0 Å². The van der Waals surface area contributed by atoms with Crippen LogP contribution in [0.5, 0.6) is 0 Å². The Labute approximate surface area is 112 Å². The Bertz CT molecular complexity index is 403. The van der Waals surface area contributed by atoms with Crippen molar-refractivity contribution in [2.75, 3.05) is 5.88 Å². The van der Waals surface area contributed by atoms with Gasteiger partial charge in [0.1, 0.15) is 0 Å². The first-order valence-electron chi connectivity index (χ1n) is 6.41. The molecule has 0 saturated heterocycles. The molecule has 18 heavy (non-hydrogen) atoms. The molecular formula is C14H18ClF2N. The Kier molecular flexibility index (Phi) is 4.57. The van der Waals surface area contributed by atoms with Gasteiger partial charge in [-0.25, -0.2) is 8.78 Å². The molecule has 1 nitrogen and oxygen atoms in total. The topological polar surface area (TPSA) is 12.0 Å². The number of hydrogen-bond acceptors (Lipinski definition) is 1. The first kappa shape index (κ1) is 13.8. The van der Waals surface area contributed by atoms with Gasteiger partial charge in [0, 0.05) is 23.5 Å². The monoisotopic (exact) mass is 273 g/mol. The predicted octanol–water partition coefficient (Wildman–Crippen LogP) is 4.00. The smallest absolute Gasteiger partial charge is 0.163 e. The van der Waals surface area contributed by atoms with Gasteiger partial charge in [-0.05, 0) is 18.9 Å². The Hall–Kier alpha value is -0.670. The second-order valence-electron chi connectivity index (χ2n) is 5.04. The van der Waals surface area contributed by atoms with Crippen molar-refractivity contribution in [2.45, 2.75) is 44.2 Å². The van der Waals surface area contributed by atoms with E-state index >= 15 is 0 Å². The third kappa shape index (κ3) is 3.01. The van der Waals surface area contributed by atoms with Crippen LogP contribution in [0.4, 0.5) is 8.78 Å². The van der Waals surface area contributed by atoms with E-state index in [0.717, 1.165) is 31.7 Å². The highest BCUT2D eigenvalue weighted by Crippen LogP contribution is 2.29. The number of rotatable bonds is 4. The van der Waals surface area contributed by atoms with E-state index in [-0.39, 0.29) is 5.54 Å². The average molecular weight is 274 g/mol. The van der Waals surface area contributed by atoms with Crippen LogP contribution in [0.15, 0.2) is 18.2 Å². The molecule has 1 aromatic rings. The molecule has 1 N–H and O–H groups in total. The molecule has 0 amide bonds. The second kappa shape index (κ2) is 5.98. The van der Waals surface area contributed by atoms with Gasteiger partial charge < -0.3 is 5.32 Å². The molecule has 1 aliphatic carbocycles. The van der Waals surface area contributed by atoms with E-state index in [2.05, 4.69) is 5.32 Å². The number of benzene rings is 1. The lowest BCUT2D eigenvalue weighted by Gasteiger charge is -2.36. The quantitative estimate of drug-likeness (QED) is 0.818. The van der Waals surface area contributed by atoms with Crippen LogP contribution >= 0.6 is 11.6 Å². The van der Waals surface area contributed by atoms with Crippen molar-refractivity contribution in [3.63, 3.8) is 0 Å². The second-order valence-corrected chi connectivity index (χ2v) is 5.31. The molecule has 4 heteroatoms. The molecule has 0 radical (unpaired) electrons. The molecule has 1 fully saturated rings. The molecule has 1 saturated carbocycles. The van der Waals surface area contributed by atoms with Gasteiger partial charge in [0.25, 0.3) is 0 Å². The van der Waals surface area contributed by atoms with Gasteiger partial charge in [-0.3, -0.25) is 0 Å². The van der Waals surface area contributed by atoms with Crippen LogP contribution in [0, 0.1) is 11.6 Å². The minimum absolute atomic E-state index is 0.113. The fourth-order valence-corrected chi connectivity index (χ4v) is 2.92. The lowest BCUT2D eigenvalue weighted by atomic mass is 9.83. The molecule has 0 aliphatic heterocycles. The van der Waals surface area contributed by atoms with Crippen LogP contribution < -0.4 is 5.32 Å². The van der Waals surface area contributed by atoms with E-state index in [1.54, 1.807) is 6.07 Å². The van der Waals surface area contributed by atoms with Crippen LogP contribution in [-0.2, 0) is 6.54 Å². The summed E-state index contributed by atoms with van der Waals surface area (Å²) in [6, 6.07) is 4.27. The standard InChI is InChI=1S/C14H18ClF2N/c15-10-14(7-2-1-3-8-14)18-9-11-5-4-6-12(16)13(11)17/h4-6,18H,1-3,7-10H2. The van der Waals surface area contributed by atoms with Crippen LogP contribution in [0.3, 0.4) is 0 Å². The van der Waals surface area contributed by atoms with E-state index in [0.29, 0.717) is 18.0 Å². The SMILES string of the molecule is Fc1cccc(CNC2(CCl)CCCCC2)c1F. The van der Waals surface area contributed by atoms with Crippen LogP contribution in [0.2, 0.25) is 0 Å². The molecular weight excluding hydrogens is 256 g/mol. The summed E-state index contributed by atoms with van der Waals surface area (Å²) in [4.78, 5) is 0. The van der Waals surface area contributed by atoms with Crippen molar-refractivity contribution in [3.8, 4) is 0 Å². The zero-order valence-corrected chi connectivity index (χ0v) is 11.1. The normalized spacial score (nSPS) is 18.8. The molecule has 0 bridgehead atoms. The molecule has 0 atom stereocenters. The number of hydrogen-bond donors (Lipinski definition) is 1. The summed E-state index contributed by atoms with van der Waals surface area (Å²) in [5.41, 5.74) is 0.253. The van der Waals surface area contributed by atoms with E-state index in [4.69, 9.17) is 11.6 Å². The van der Waals surface area contributed by atoms with Crippen molar-refractivity contribution in [1.29, 1.82) is 0 Å². The fraction of sp³-hybridized carbons (Fsp3) is 0.571. The molecule has 0 heterocycles. The van der Waals surface area contributed by atoms with Crippen molar-refractivity contribution < 1.29 is 8.78 Å². The van der Waals surface area contributed by atoms with Crippen LogP contribution in [0.25, 0.3) is 0 Å². The van der Waals surface area contributed by atoms with Crippen molar-refractivity contribution in [1.82, 2.24) is 5.32 Å². The maximum Gasteiger partial charge on any atom is 0.163 e. The largest absolute Gasteiger partial charge is 0.306 e. The third-order valence-corrected chi connectivity index (χ3v) is 4.26. The van der Waals surface area contributed by atoms with Gasteiger partial charge >= 0.3 is 0 Å². The summed E-state index contributed by atoms with van der Waals surface area (Å²) < 4.78 is 26.6. The van der Waals surface area contributed by atoms with Gasteiger partial charge in [0.05, 0.1) is 0 Å². The Balaban J connectivity index is 2.03. The van der Waals surface area contributed by atoms with Gasteiger partial charge in [-0.1, -0.05) is 31.4 Å². The van der Waals surface area contributed by atoms with Crippen LogP contribution in [0.1, 0.15) is 37.7 Å². The lowest BCUT2D eigenvalue weighted by molar-refractivity contribution is 0.255. The molecule has 0 spiro atoms. The number of nitrogens with one attached hydrogen (secondary N) is 1. The minimum Gasteiger partial charge on any atom is -0.306 e. The Morgan fingerprint density at radius 3 is 2.56 bits per heavy atom. The first-order chi connectivity index (χ1) is 8.67. The van der Waals surface area contributed by atoms with Gasteiger partial charge in [0.15, 0.2) is 11.6 Å². The zero-order chi connectivity index (χ0) is 13.0. The minimum atomic E-state index is -0.794. The Morgan fingerprint density at radius 2 is 1.89 bits per heavy atom.